The van der Waals surface area contributed by atoms with Crippen LogP contribution in [0.3, 0.4) is 0 Å². The molecule has 0 spiro atoms. The largest absolute Gasteiger partial charge is 0.506 e. The van der Waals surface area contributed by atoms with Crippen LogP contribution in [0.2, 0.25) is 0 Å². The summed E-state index contributed by atoms with van der Waals surface area (Å²) in [5, 5.41) is 9.77. The molecule has 8 nitrogen and oxygen atoms in total. The quantitative estimate of drug-likeness (QED) is 0.463. The van der Waals surface area contributed by atoms with Crippen molar-refractivity contribution in [3.05, 3.63) is 24.3 Å². The molecule has 0 saturated carbocycles. The lowest BCUT2D eigenvalue weighted by Crippen LogP contribution is -2.02. The lowest BCUT2D eigenvalue weighted by Gasteiger charge is -2.09. The summed E-state index contributed by atoms with van der Waals surface area (Å²) in [6.45, 7) is 0. The minimum Gasteiger partial charge on any atom is -0.506 e. The monoisotopic (exact) mass is 319 g/mol. The molecule has 0 unspecified atom stereocenters. The summed E-state index contributed by atoms with van der Waals surface area (Å²) in [4.78, 5) is -1.40. The number of nitrogens with two attached hydrogens (primary N) is 1. The molecular weight excluding hydrogens is 310 g/mol. The van der Waals surface area contributed by atoms with Crippen LogP contribution < -0.4 is 5.73 Å². The zero-order chi connectivity index (χ0) is 15.3. The first kappa shape index (κ1) is 14.5. The lowest BCUT2D eigenvalue weighted by molar-refractivity contribution is 0.448. The third-order valence-corrected chi connectivity index (χ3v) is 4.37. The highest BCUT2D eigenvalue weighted by Crippen LogP contribution is 2.36. The van der Waals surface area contributed by atoms with E-state index in [-0.39, 0.29) is 16.5 Å². The van der Waals surface area contributed by atoms with E-state index in [1.165, 1.54) is 6.07 Å². The minimum atomic E-state index is -4.69. The van der Waals surface area contributed by atoms with Gasteiger partial charge in [0.25, 0.3) is 20.2 Å². The fraction of sp³-hybridized carbons (Fsp3) is 0. The summed E-state index contributed by atoms with van der Waals surface area (Å²) in [5.41, 5.74) is 5.49. The molecule has 0 atom stereocenters. The molecule has 20 heavy (non-hydrogen) atoms. The first-order valence-electron chi connectivity index (χ1n) is 5.02. The van der Waals surface area contributed by atoms with Gasteiger partial charge in [0.1, 0.15) is 10.6 Å². The van der Waals surface area contributed by atoms with Crippen LogP contribution in [-0.2, 0) is 20.2 Å². The third-order valence-electron chi connectivity index (χ3n) is 2.65. The number of nitrogen functional groups attached to an aromatic ring is 1. The zero-order valence-corrected chi connectivity index (χ0v) is 11.3. The van der Waals surface area contributed by atoms with Crippen LogP contribution in [0, 0.1) is 0 Å². The Kier molecular flexibility index (Phi) is 3.13. The van der Waals surface area contributed by atoms with Crippen molar-refractivity contribution in [2.45, 2.75) is 9.79 Å². The van der Waals surface area contributed by atoms with E-state index in [0.717, 1.165) is 18.2 Å². The van der Waals surface area contributed by atoms with E-state index in [1.54, 1.807) is 0 Å². The van der Waals surface area contributed by atoms with Gasteiger partial charge in [-0.15, -0.1) is 0 Å². The fourth-order valence-electron chi connectivity index (χ4n) is 1.76. The highest BCUT2D eigenvalue weighted by Gasteiger charge is 2.20. The second-order valence-electron chi connectivity index (χ2n) is 3.97. The van der Waals surface area contributed by atoms with Gasteiger partial charge in [-0.2, -0.15) is 16.8 Å². The number of hydrogen-bond donors (Lipinski definition) is 4. The maximum absolute atomic E-state index is 11.1. The van der Waals surface area contributed by atoms with Crippen molar-refractivity contribution in [2.24, 2.45) is 0 Å². The van der Waals surface area contributed by atoms with E-state index in [1.807, 2.05) is 0 Å². The Morgan fingerprint density at radius 2 is 1.50 bits per heavy atom. The maximum atomic E-state index is 11.1. The number of aromatic hydroxyl groups is 1. The standard InChI is InChI=1S/C10H9NO7S2/c11-8-4-5(19(13,14)15)3-7-6(8)1-2-9(10(7)12)20(16,17)18/h1-4,12H,11H2,(H,13,14,15)(H,16,17,18). The predicted molar refractivity (Wildman–Crippen MR) is 69.7 cm³/mol. The summed E-state index contributed by atoms with van der Waals surface area (Å²) in [6.07, 6.45) is 0. The topological polar surface area (TPSA) is 155 Å². The van der Waals surface area contributed by atoms with Crippen molar-refractivity contribution in [3.63, 3.8) is 0 Å². The molecule has 0 saturated heterocycles. The van der Waals surface area contributed by atoms with Crippen molar-refractivity contribution >= 4 is 36.7 Å². The van der Waals surface area contributed by atoms with Crippen LogP contribution >= 0.6 is 0 Å². The molecule has 2 aromatic carbocycles. The Morgan fingerprint density at radius 1 is 0.900 bits per heavy atom. The molecule has 0 bridgehead atoms. The van der Waals surface area contributed by atoms with E-state index in [2.05, 4.69) is 0 Å². The van der Waals surface area contributed by atoms with Crippen molar-refractivity contribution < 1.29 is 31.0 Å². The van der Waals surface area contributed by atoms with Gasteiger partial charge in [0.2, 0.25) is 0 Å². The van der Waals surface area contributed by atoms with Gasteiger partial charge in [-0.3, -0.25) is 9.11 Å². The van der Waals surface area contributed by atoms with Crippen molar-refractivity contribution in [3.8, 4) is 5.75 Å². The Bertz CT molecular complexity index is 916. The number of anilines is 1. The summed E-state index contributed by atoms with van der Waals surface area (Å²) >= 11 is 0. The lowest BCUT2D eigenvalue weighted by atomic mass is 10.1. The average Bonchev–Trinajstić information content (AvgIpc) is 2.27. The number of rotatable bonds is 2. The molecule has 2 aromatic rings. The first-order chi connectivity index (χ1) is 9.01. The van der Waals surface area contributed by atoms with Crippen molar-refractivity contribution in [1.29, 1.82) is 0 Å². The van der Waals surface area contributed by atoms with Crippen LogP contribution in [0.15, 0.2) is 34.1 Å². The molecule has 0 fully saturated rings. The van der Waals surface area contributed by atoms with Crippen LogP contribution in [0.5, 0.6) is 5.75 Å². The Balaban J connectivity index is 2.97. The minimum absolute atomic E-state index is 0.0905. The van der Waals surface area contributed by atoms with Gasteiger partial charge in [-0.05, 0) is 18.2 Å². The summed E-state index contributed by atoms with van der Waals surface area (Å²) in [5.74, 6) is -0.859. The summed E-state index contributed by atoms with van der Waals surface area (Å²) in [6, 6.07) is 3.94. The highest BCUT2D eigenvalue weighted by atomic mass is 32.2. The van der Waals surface area contributed by atoms with Crippen molar-refractivity contribution in [2.75, 3.05) is 5.73 Å². The first-order valence-corrected chi connectivity index (χ1v) is 7.90. The fourth-order valence-corrected chi connectivity index (χ4v) is 2.89. The van der Waals surface area contributed by atoms with Crippen LogP contribution in [0.1, 0.15) is 0 Å². The highest BCUT2D eigenvalue weighted by molar-refractivity contribution is 7.86. The van der Waals surface area contributed by atoms with Gasteiger partial charge < -0.3 is 10.8 Å². The molecule has 10 heteroatoms. The SMILES string of the molecule is Nc1cc(S(=O)(=O)O)cc2c(O)c(S(=O)(=O)O)ccc12. The zero-order valence-electron chi connectivity index (χ0n) is 9.68. The average molecular weight is 319 g/mol. The molecule has 2 rings (SSSR count). The smallest absolute Gasteiger partial charge is 0.298 e. The Hall–Kier alpha value is -1.88. The van der Waals surface area contributed by atoms with Crippen LogP contribution in [-0.4, -0.2) is 31.0 Å². The number of benzene rings is 2. The molecule has 0 aliphatic heterocycles. The van der Waals surface area contributed by atoms with E-state index in [0.29, 0.717) is 0 Å². The number of fused-ring (bicyclic) bond motifs is 1. The van der Waals surface area contributed by atoms with E-state index in [4.69, 9.17) is 14.8 Å². The Labute approximate surface area is 114 Å². The number of hydrogen-bond acceptors (Lipinski definition) is 6. The molecule has 108 valence electrons. The normalized spacial score (nSPS) is 12.7. The van der Waals surface area contributed by atoms with Gasteiger partial charge in [0.05, 0.1) is 4.90 Å². The molecule has 0 aromatic heterocycles. The molecule has 0 radical (unpaired) electrons. The van der Waals surface area contributed by atoms with Crippen LogP contribution in [0.4, 0.5) is 5.69 Å². The molecule has 0 aliphatic carbocycles. The summed E-state index contributed by atoms with van der Waals surface area (Å²) < 4.78 is 62.2. The molecule has 0 aliphatic rings. The Morgan fingerprint density at radius 3 is 2.00 bits per heavy atom. The van der Waals surface area contributed by atoms with Crippen LogP contribution in [0.25, 0.3) is 10.8 Å². The maximum Gasteiger partial charge on any atom is 0.298 e. The second kappa shape index (κ2) is 4.31. The van der Waals surface area contributed by atoms with Crippen molar-refractivity contribution in [1.82, 2.24) is 0 Å². The van der Waals surface area contributed by atoms with Gasteiger partial charge in [-0.1, -0.05) is 6.07 Å². The third kappa shape index (κ3) is 2.41. The van der Waals surface area contributed by atoms with Gasteiger partial charge in [-0.25, -0.2) is 0 Å². The molecule has 0 heterocycles. The summed E-state index contributed by atoms with van der Waals surface area (Å²) in [7, 11) is -9.27. The second-order valence-corrected chi connectivity index (χ2v) is 6.78. The van der Waals surface area contributed by atoms with E-state index in [9.17, 15) is 21.9 Å². The van der Waals surface area contributed by atoms with Gasteiger partial charge in [0.15, 0.2) is 0 Å². The molecule has 5 N–H and O–H groups in total. The van der Waals surface area contributed by atoms with E-state index < -0.39 is 35.8 Å². The number of phenolic OH excluding ortho intramolecular Hbond substituents is 1. The molecule has 0 amide bonds. The van der Waals surface area contributed by atoms with Gasteiger partial charge >= 0.3 is 0 Å². The molecular formula is C10H9NO7S2. The van der Waals surface area contributed by atoms with E-state index >= 15 is 0 Å². The number of phenols is 1. The van der Waals surface area contributed by atoms with Gasteiger partial charge in [0, 0.05) is 16.5 Å². The predicted octanol–water partition coefficient (Wildman–Crippen LogP) is 0.621.